The zero-order chi connectivity index (χ0) is 11.1. The fraction of sp³-hybridized carbons (Fsp3) is 0.385. The Kier molecular flexibility index (Phi) is 5.08. The Bertz CT molecular complexity index is 290. The molecule has 0 aliphatic rings. The third kappa shape index (κ3) is 3.86. The van der Waals surface area contributed by atoms with E-state index in [1.54, 1.807) is 0 Å². The Labute approximate surface area is 92.2 Å². The van der Waals surface area contributed by atoms with Crippen molar-refractivity contribution in [3.8, 4) is 0 Å². The molecular weight excluding hydrogens is 184 g/mol. The Balaban J connectivity index is 2.58. The largest absolute Gasteiger partial charge is 0.271 e. The van der Waals surface area contributed by atoms with Crippen LogP contribution < -0.4 is 11.3 Å². The van der Waals surface area contributed by atoms with Gasteiger partial charge in [-0.1, -0.05) is 37.3 Å². The van der Waals surface area contributed by atoms with E-state index >= 15 is 0 Å². The van der Waals surface area contributed by atoms with E-state index in [4.69, 9.17) is 5.84 Å². The summed E-state index contributed by atoms with van der Waals surface area (Å²) in [6.07, 6.45) is 4.83. The van der Waals surface area contributed by atoms with Crippen molar-refractivity contribution in [1.29, 1.82) is 0 Å². The first-order valence-corrected chi connectivity index (χ1v) is 5.45. The topological polar surface area (TPSA) is 38.0 Å². The van der Waals surface area contributed by atoms with Crippen molar-refractivity contribution < 1.29 is 0 Å². The van der Waals surface area contributed by atoms with E-state index in [1.165, 1.54) is 11.1 Å². The zero-order valence-corrected chi connectivity index (χ0v) is 9.37. The van der Waals surface area contributed by atoms with Gasteiger partial charge < -0.3 is 0 Å². The molecule has 1 unspecified atom stereocenters. The van der Waals surface area contributed by atoms with Crippen LogP contribution in [0.5, 0.6) is 0 Å². The predicted octanol–water partition coefficient (Wildman–Crippen LogP) is 2.20. The second-order valence-corrected chi connectivity index (χ2v) is 3.76. The molecular formula is C13H20N2. The first kappa shape index (κ1) is 12.0. The van der Waals surface area contributed by atoms with Crippen molar-refractivity contribution >= 4 is 0 Å². The lowest BCUT2D eigenvalue weighted by Crippen LogP contribution is -2.36. The Morgan fingerprint density at radius 3 is 2.40 bits per heavy atom. The SMILES string of the molecule is C=CCC(Cc1ccc(CC)cc1)NN. The van der Waals surface area contributed by atoms with E-state index in [1.807, 2.05) is 6.08 Å². The maximum absolute atomic E-state index is 5.46. The molecule has 0 saturated carbocycles. The molecule has 1 atom stereocenters. The van der Waals surface area contributed by atoms with E-state index in [9.17, 15) is 0 Å². The van der Waals surface area contributed by atoms with E-state index in [-0.39, 0.29) is 6.04 Å². The molecule has 0 aromatic heterocycles. The molecule has 15 heavy (non-hydrogen) atoms. The van der Waals surface area contributed by atoms with Crippen molar-refractivity contribution in [3.63, 3.8) is 0 Å². The van der Waals surface area contributed by atoms with Crippen molar-refractivity contribution in [1.82, 2.24) is 5.43 Å². The first-order chi connectivity index (χ1) is 7.30. The van der Waals surface area contributed by atoms with Crippen LogP contribution in [0.3, 0.4) is 0 Å². The smallest absolute Gasteiger partial charge is 0.0285 e. The Morgan fingerprint density at radius 1 is 1.33 bits per heavy atom. The minimum atomic E-state index is 0.287. The van der Waals surface area contributed by atoms with Gasteiger partial charge >= 0.3 is 0 Å². The van der Waals surface area contributed by atoms with Crippen LogP contribution in [0.4, 0.5) is 0 Å². The molecule has 1 rings (SSSR count). The van der Waals surface area contributed by atoms with Gasteiger partial charge in [0.25, 0.3) is 0 Å². The molecule has 0 amide bonds. The van der Waals surface area contributed by atoms with E-state index in [0.717, 1.165) is 19.3 Å². The van der Waals surface area contributed by atoms with Gasteiger partial charge in [-0.25, -0.2) is 0 Å². The van der Waals surface area contributed by atoms with E-state index < -0.39 is 0 Å². The number of benzene rings is 1. The van der Waals surface area contributed by atoms with Gasteiger partial charge in [-0.15, -0.1) is 6.58 Å². The first-order valence-electron chi connectivity index (χ1n) is 5.45. The third-order valence-electron chi connectivity index (χ3n) is 2.60. The summed E-state index contributed by atoms with van der Waals surface area (Å²) in [6.45, 7) is 5.89. The van der Waals surface area contributed by atoms with Crippen molar-refractivity contribution in [3.05, 3.63) is 48.0 Å². The summed E-state index contributed by atoms with van der Waals surface area (Å²) in [5, 5.41) is 0. The number of aryl methyl sites for hydroxylation is 1. The van der Waals surface area contributed by atoms with Crippen LogP contribution >= 0.6 is 0 Å². The average Bonchev–Trinajstić information content (AvgIpc) is 2.29. The molecule has 0 bridgehead atoms. The number of rotatable bonds is 6. The molecule has 0 spiro atoms. The number of nitrogens with two attached hydrogens (primary N) is 1. The molecule has 2 heteroatoms. The Morgan fingerprint density at radius 2 is 1.93 bits per heavy atom. The number of hydrogen-bond acceptors (Lipinski definition) is 2. The molecule has 2 nitrogen and oxygen atoms in total. The van der Waals surface area contributed by atoms with Gasteiger partial charge in [-0.05, 0) is 30.4 Å². The van der Waals surface area contributed by atoms with Crippen molar-refractivity contribution in [2.45, 2.75) is 32.2 Å². The minimum absolute atomic E-state index is 0.287. The monoisotopic (exact) mass is 204 g/mol. The molecule has 3 N–H and O–H groups in total. The minimum Gasteiger partial charge on any atom is -0.271 e. The third-order valence-corrected chi connectivity index (χ3v) is 2.60. The lowest BCUT2D eigenvalue weighted by atomic mass is 10.0. The number of nitrogens with one attached hydrogen (secondary N) is 1. The van der Waals surface area contributed by atoms with Crippen molar-refractivity contribution in [2.24, 2.45) is 5.84 Å². The van der Waals surface area contributed by atoms with Gasteiger partial charge in [-0.2, -0.15) is 0 Å². The maximum Gasteiger partial charge on any atom is 0.0285 e. The quantitative estimate of drug-likeness (QED) is 0.423. The van der Waals surface area contributed by atoms with Crippen LogP contribution in [0, 0.1) is 0 Å². The van der Waals surface area contributed by atoms with Crippen molar-refractivity contribution in [2.75, 3.05) is 0 Å². The summed E-state index contributed by atoms with van der Waals surface area (Å²) in [6, 6.07) is 8.99. The molecule has 0 fully saturated rings. The highest BCUT2D eigenvalue weighted by atomic mass is 15.2. The lowest BCUT2D eigenvalue weighted by Gasteiger charge is -2.13. The van der Waals surface area contributed by atoms with Crippen LogP contribution in [0.15, 0.2) is 36.9 Å². The molecule has 0 radical (unpaired) electrons. The van der Waals surface area contributed by atoms with E-state index in [2.05, 4.69) is 43.2 Å². The maximum atomic E-state index is 5.46. The van der Waals surface area contributed by atoms with Gasteiger partial charge in [0.2, 0.25) is 0 Å². The standard InChI is InChI=1S/C13H20N2/c1-3-5-13(15-14)10-12-8-6-11(4-2)7-9-12/h3,6-9,13,15H,1,4-5,10,14H2,2H3. The molecule has 82 valence electrons. The van der Waals surface area contributed by atoms with Crippen LogP contribution in [-0.2, 0) is 12.8 Å². The molecule has 0 heterocycles. The summed E-state index contributed by atoms with van der Waals surface area (Å²) in [5.41, 5.74) is 5.50. The second kappa shape index (κ2) is 6.38. The normalized spacial score (nSPS) is 12.4. The second-order valence-electron chi connectivity index (χ2n) is 3.76. The Hall–Kier alpha value is -1.12. The van der Waals surface area contributed by atoms with Gasteiger partial charge in [0.05, 0.1) is 0 Å². The fourth-order valence-corrected chi connectivity index (χ4v) is 1.61. The average molecular weight is 204 g/mol. The summed E-state index contributed by atoms with van der Waals surface area (Å²) >= 11 is 0. The molecule has 0 aliphatic carbocycles. The summed E-state index contributed by atoms with van der Waals surface area (Å²) in [5.74, 6) is 5.46. The highest BCUT2D eigenvalue weighted by Gasteiger charge is 2.04. The predicted molar refractivity (Wildman–Crippen MR) is 65.4 cm³/mol. The van der Waals surface area contributed by atoms with Gasteiger partial charge in [0, 0.05) is 6.04 Å². The number of hydrogen-bond donors (Lipinski definition) is 2. The van der Waals surface area contributed by atoms with Gasteiger partial charge in [0.1, 0.15) is 0 Å². The van der Waals surface area contributed by atoms with Crippen LogP contribution in [-0.4, -0.2) is 6.04 Å². The van der Waals surface area contributed by atoms with Gasteiger partial charge in [0.15, 0.2) is 0 Å². The fourth-order valence-electron chi connectivity index (χ4n) is 1.61. The van der Waals surface area contributed by atoms with Crippen LogP contribution in [0.2, 0.25) is 0 Å². The molecule has 0 saturated heterocycles. The van der Waals surface area contributed by atoms with Gasteiger partial charge in [-0.3, -0.25) is 11.3 Å². The molecule has 0 aliphatic heterocycles. The zero-order valence-electron chi connectivity index (χ0n) is 9.37. The lowest BCUT2D eigenvalue weighted by molar-refractivity contribution is 0.531. The summed E-state index contributed by atoms with van der Waals surface area (Å²) in [7, 11) is 0. The summed E-state index contributed by atoms with van der Waals surface area (Å²) < 4.78 is 0. The number of hydrazine groups is 1. The highest BCUT2D eigenvalue weighted by molar-refractivity contribution is 5.23. The highest BCUT2D eigenvalue weighted by Crippen LogP contribution is 2.08. The van der Waals surface area contributed by atoms with E-state index in [0.29, 0.717) is 0 Å². The summed E-state index contributed by atoms with van der Waals surface area (Å²) in [4.78, 5) is 0. The van der Waals surface area contributed by atoms with Crippen LogP contribution in [0.1, 0.15) is 24.5 Å². The molecule has 1 aromatic rings. The molecule has 1 aromatic carbocycles. The van der Waals surface area contributed by atoms with Crippen LogP contribution in [0.25, 0.3) is 0 Å².